The number of ether oxygens (including phenoxy) is 1. The van der Waals surface area contributed by atoms with E-state index in [0.29, 0.717) is 16.3 Å². The molecule has 1 heterocycles. The van der Waals surface area contributed by atoms with Crippen molar-refractivity contribution in [3.05, 3.63) is 64.8 Å². The first-order chi connectivity index (χ1) is 10.6. The van der Waals surface area contributed by atoms with Gasteiger partial charge in [-0.15, -0.1) is 0 Å². The zero-order chi connectivity index (χ0) is 15.5. The highest BCUT2D eigenvalue weighted by Crippen LogP contribution is 2.26. The highest BCUT2D eigenvalue weighted by molar-refractivity contribution is 6.31. The molecular formula is C17H14ClNO3. The van der Waals surface area contributed by atoms with Crippen molar-refractivity contribution in [3.8, 4) is 0 Å². The molecule has 22 heavy (non-hydrogen) atoms. The first kappa shape index (κ1) is 14.6. The number of hydrogen-bond donors (Lipinski definition) is 0. The van der Waals surface area contributed by atoms with E-state index in [-0.39, 0.29) is 12.4 Å². The van der Waals surface area contributed by atoms with Gasteiger partial charge in [-0.1, -0.05) is 47.1 Å². The predicted octanol–water partition coefficient (Wildman–Crippen LogP) is 4.33. The molecule has 0 saturated heterocycles. The molecule has 0 bridgehead atoms. The highest BCUT2D eigenvalue weighted by Gasteiger charge is 2.17. The van der Waals surface area contributed by atoms with E-state index in [4.69, 9.17) is 20.9 Å². The van der Waals surface area contributed by atoms with Crippen LogP contribution in [0.3, 0.4) is 0 Å². The lowest BCUT2D eigenvalue weighted by molar-refractivity contribution is -0.147. The SMILES string of the molecule is C[C@H](OC(=O)Cc1noc2ccccc12)c1ccccc1Cl. The van der Waals surface area contributed by atoms with Gasteiger partial charge in [0.1, 0.15) is 11.8 Å². The van der Waals surface area contributed by atoms with Gasteiger partial charge in [-0.3, -0.25) is 4.79 Å². The van der Waals surface area contributed by atoms with E-state index in [1.165, 1.54) is 0 Å². The molecule has 0 spiro atoms. The van der Waals surface area contributed by atoms with Crippen LogP contribution in [0.25, 0.3) is 11.0 Å². The molecule has 0 fully saturated rings. The fourth-order valence-electron chi connectivity index (χ4n) is 2.31. The van der Waals surface area contributed by atoms with E-state index in [9.17, 15) is 4.79 Å². The summed E-state index contributed by atoms with van der Waals surface area (Å²) in [5, 5.41) is 5.33. The van der Waals surface area contributed by atoms with Crippen LogP contribution in [0, 0.1) is 0 Å². The first-order valence-corrected chi connectivity index (χ1v) is 7.30. The Kier molecular flexibility index (Phi) is 4.11. The molecule has 0 N–H and O–H groups in total. The Balaban J connectivity index is 1.71. The molecular weight excluding hydrogens is 302 g/mol. The van der Waals surface area contributed by atoms with E-state index in [1.54, 1.807) is 13.0 Å². The van der Waals surface area contributed by atoms with Crippen LogP contribution >= 0.6 is 11.6 Å². The van der Waals surface area contributed by atoms with Crippen LogP contribution in [0.4, 0.5) is 0 Å². The second-order valence-electron chi connectivity index (χ2n) is 4.96. The molecule has 1 aromatic heterocycles. The summed E-state index contributed by atoms with van der Waals surface area (Å²) in [4.78, 5) is 12.1. The van der Waals surface area contributed by atoms with E-state index in [2.05, 4.69) is 5.16 Å². The van der Waals surface area contributed by atoms with Crippen molar-refractivity contribution < 1.29 is 14.1 Å². The average molecular weight is 316 g/mol. The van der Waals surface area contributed by atoms with Crippen molar-refractivity contribution in [1.82, 2.24) is 5.16 Å². The zero-order valence-electron chi connectivity index (χ0n) is 12.0. The molecule has 2 aromatic carbocycles. The van der Waals surface area contributed by atoms with Crippen molar-refractivity contribution in [2.75, 3.05) is 0 Å². The van der Waals surface area contributed by atoms with Crippen LogP contribution in [-0.2, 0) is 16.0 Å². The van der Waals surface area contributed by atoms with Crippen LogP contribution < -0.4 is 0 Å². The minimum Gasteiger partial charge on any atom is -0.457 e. The molecule has 112 valence electrons. The van der Waals surface area contributed by atoms with Gasteiger partial charge >= 0.3 is 5.97 Å². The van der Waals surface area contributed by atoms with Gasteiger partial charge < -0.3 is 9.26 Å². The summed E-state index contributed by atoms with van der Waals surface area (Å²) < 4.78 is 10.6. The van der Waals surface area contributed by atoms with E-state index < -0.39 is 6.10 Å². The molecule has 3 aromatic rings. The number of para-hydroxylation sites is 1. The van der Waals surface area contributed by atoms with Gasteiger partial charge in [-0.2, -0.15) is 0 Å². The molecule has 0 amide bonds. The Bertz CT molecular complexity index is 812. The average Bonchev–Trinajstić information content (AvgIpc) is 2.91. The summed E-state index contributed by atoms with van der Waals surface area (Å²) in [5.74, 6) is -0.369. The van der Waals surface area contributed by atoms with Gasteiger partial charge in [0, 0.05) is 16.0 Å². The van der Waals surface area contributed by atoms with Crippen LogP contribution in [0.1, 0.15) is 24.3 Å². The zero-order valence-corrected chi connectivity index (χ0v) is 12.7. The van der Waals surface area contributed by atoms with Crippen molar-refractivity contribution >= 4 is 28.5 Å². The Morgan fingerprint density at radius 1 is 1.23 bits per heavy atom. The van der Waals surface area contributed by atoms with Gasteiger partial charge in [0.2, 0.25) is 0 Å². The molecule has 0 unspecified atom stereocenters. The fourth-order valence-corrected chi connectivity index (χ4v) is 2.60. The summed E-state index contributed by atoms with van der Waals surface area (Å²) in [5.41, 5.74) is 2.01. The molecule has 0 aliphatic carbocycles. The lowest BCUT2D eigenvalue weighted by atomic mass is 10.1. The topological polar surface area (TPSA) is 52.3 Å². The third-order valence-electron chi connectivity index (χ3n) is 3.42. The van der Waals surface area contributed by atoms with Crippen LogP contribution in [0.5, 0.6) is 0 Å². The Hall–Kier alpha value is -2.33. The van der Waals surface area contributed by atoms with Crippen LogP contribution in [-0.4, -0.2) is 11.1 Å². The van der Waals surface area contributed by atoms with Crippen molar-refractivity contribution in [3.63, 3.8) is 0 Å². The monoisotopic (exact) mass is 315 g/mol. The van der Waals surface area contributed by atoms with E-state index in [0.717, 1.165) is 10.9 Å². The number of aromatic nitrogens is 1. The fraction of sp³-hybridized carbons (Fsp3) is 0.176. The Labute approximate surface area is 132 Å². The molecule has 0 saturated carbocycles. The number of carbonyl (C=O) groups excluding carboxylic acids is 1. The standard InChI is InChI=1S/C17H14ClNO3/c1-11(12-6-2-4-8-14(12)18)21-17(20)10-15-13-7-3-5-9-16(13)22-19-15/h2-9,11H,10H2,1H3/t11-/m0/s1. The highest BCUT2D eigenvalue weighted by atomic mass is 35.5. The van der Waals surface area contributed by atoms with Gasteiger partial charge in [0.15, 0.2) is 5.58 Å². The molecule has 0 aliphatic heterocycles. The minimum atomic E-state index is -0.417. The summed E-state index contributed by atoms with van der Waals surface area (Å²) in [6.07, 6.45) is -0.356. The van der Waals surface area contributed by atoms with E-state index >= 15 is 0 Å². The summed E-state index contributed by atoms with van der Waals surface area (Å²) in [7, 11) is 0. The Morgan fingerprint density at radius 3 is 2.77 bits per heavy atom. The summed E-state index contributed by atoms with van der Waals surface area (Å²) in [6.45, 7) is 1.79. The van der Waals surface area contributed by atoms with Crippen molar-refractivity contribution in [2.45, 2.75) is 19.4 Å². The molecule has 5 heteroatoms. The third kappa shape index (κ3) is 2.97. The normalized spacial score (nSPS) is 12.3. The van der Waals surface area contributed by atoms with Crippen LogP contribution in [0.15, 0.2) is 53.1 Å². The van der Waals surface area contributed by atoms with Gasteiger partial charge in [-0.05, 0) is 25.1 Å². The second-order valence-corrected chi connectivity index (χ2v) is 5.36. The van der Waals surface area contributed by atoms with Gasteiger partial charge in [0.25, 0.3) is 0 Å². The molecule has 1 atom stereocenters. The number of hydrogen-bond acceptors (Lipinski definition) is 4. The predicted molar refractivity (Wildman–Crippen MR) is 83.7 cm³/mol. The number of benzene rings is 2. The minimum absolute atomic E-state index is 0.0613. The number of esters is 1. The number of fused-ring (bicyclic) bond motifs is 1. The van der Waals surface area contributed by atoms with E-state index in [1.807, 2.05) is 42.5 Å². The maximum absolute atomic E-state index is 12.1. The largest absolute Gasteiger partial charge is 0.457 e. The smallest absolute Gasteiger partial charge is 0.312 e. The summed E-state index contributed by atoms with van der Waals surface area (Å²) >= 11 is 6.10. The molecule has 3 rings (SSSR count). The van der Waals surface area contributed by atoms with Crippen molar-refractivity contribution in [1.29, 1.82) is 0 Å². The number of rotatable bonds is 4. The maximum atomic E-state index is 12.1. The lowest BCUT2D eigenvalue weighted by Gasteiger charge is -2.14. The number of halogens is 1. The Morgan fingerprint density at radius 2 is 1.95 bits per heavy atom. The van der Waals surface area contributed by atoms with Gasteiger partial charge in [0.05, 0.1) is 6.42 Å². The third-order valence-corrected chi connectivity index (χ3v) is 3.76. The second kappa shape index (κ2) is 6.20. The van der Waals surface area contributed by atoms with Crippen molar-refractivity contribution in [2.24, 2.45) is 0 Å². The maximum Gasteiger partial charge on any atom is 0.312 e. The summed E-state index contributed by atoms with van der Waals surface area (Å²) in [6, 6.07) is 14.7. The molecule has 0 aliphatic rings. The quantitative estimate of drug-likeness (QED) is 0.672. The number of carbonyl (C=O) groups is 1. The van der Waals surface area contributed by atoms with Gasteiger partial charge in [-0.25, -0.2) is 0 Å². The molecule has 0 radical (unpaired) electrons. The number of nitrogens with zero attached hydrogens (tertiary/aromatic N) is 1. The lowest BCUT2D eigenvalue weighted by Crippen LogP contribution is -2.12. The first-order valence-electron chi connectivity index (χ1n) is 6.92. The van der Waals surface area contributed by atoms with Crippen LogP contribution in [0.2, 0.25) is 5.02 Å². The molecule has 4 nitrogen and oxygen atoms in total.